The topological polar surface area (TPSA) is 107 Å². The molecule has 0 saturated carbocycles. The first-order valence-corrected chi connectivity index (χ1v) is 4.32. The average molecular weight is 203 g/mol. The molecule has 0 saturated heterocycles. The fourth-order valence-electron chi connectivity index (χ4n) is 0.841. The van der Waals surface area contributed by atoms with Crippen molar-refractivity contribution < 1.29 is 14.3 Å². The van der Waals surface area contributed by atoms with Crippen molar-refractivity contribution >= 4 is 11.8 Å². The number of nitrogens with one attached hydrogen (secondary N) is 1. The van der Waals surface area contributed by atoms with Crippen LogP contribution in [0.5, 0.6) is 0 Å². The third-order valence-corrected chi connectivity index (χ3v) is 1.81. The number of carbonyl (C=O) groups is 2. The minimum Gasteiger partial charge on any atom is -0.380 e. The molecule has 0 heterocycles. The van der Waals surface area contributed by atoms with Gasteiger partial charge in [-0.3, -0.25) is 9.59 Å². The second-order valence-corrected chi connectivity index (χ2v) is 2.99. The summed E-state index contributed by atoms with van der Waals surface area (Å²) in [5, 5.41) is 2.43. The number of hydrogen-bond donors (Lipinski definition) is 3. The second-order valence-electron chi connectivity index (χ2n) is 2.99. The Bertz CT molecular complexity index is 204. The Kier molecular flexibility index (Phi) is 5.82. The number of methoxy groups -OCH3 is 1. The minimum absolute atomic E-state index is 0.130. The number of nitrogens with two attached hydrogens (primary N) is 2. The van der Waals surface area contributed by atoms with Gasteiger partial charge in [0.2, 0.25) is 11.8 Å². The molecule has 2 amide bonds. The normalized spacial score (nSPS) is 14.5. The summed E-state index contributed by atoms with van der Waals surface area (Å²) < 4.78 is 4.91. The number of ether oxygens (including phenoxy) is 1. The molecular weight excluding hydrogens is 186 g/mol. The molecule has 0 bridgehead atoms. The molecular formula is C8H17N3O3. The van der Waals surface area contributed by atoms with E-state index in [0.29, 0.717) is 0 Å². The molecule has 5 N–H and O–H groups in total. The number of hydrogen-bond acceptors (Lipinski definition) is 4. The highest BCUT2D eigenvalue weighted by Crippen LogP contribution is 1.95. The van der Waals surface area contributed by atoms with E-state index in [4.69, 9.17) is 16.2 Å². The zero-order chi connectivity index (χ0) is 11.1. The predicted molar refractivity (Wildman–Crippen MR) is 51.3 cm³/mol. The van der Waals surface area contributed by atoms with Gasteiger partial charge in [-0.05, 0) is 6.92 Å². The Morgan fingerprint density at radius 3 is 2.43 bits per heavy atom. The van der Waals surface area contributed by atoms with Crippen molar-refractivity contribution in [3.63, 3.8) is 0 Å². The molecule has 14 heavy (non-hydrogen) atoms. The zero-order valence-corrected chi connectivity index (χ0v) is 8.45. The van der Waals surface area contributed by atoms with Crippen LogP contribution in [0, 0.1) is 0 Å². The van der Waals surface area contributed by atoms with E-state index in [2.05, 4.69) is 5.32 Å². The summed E-state index contributed by atoms with van der Waals surface area (Å²) in [6.07, 6.45) is -0.194. The van der Waals surface area contributed by atoms with E-state index < -0.39 is 11.9 Å². The zero-order valence-electron chi connectivity index (χ0n) is 8.45. The Labute approximate surface area is 83.0 Å². The minimum atomic E-state index is -0.669. The van der Waals surface area contributed by atoms with Gasteiger partial charge >= 0.3 is 0 Å². The molecule has 0 radical (unpaired) electrons. The van der Waals surface area contributed by atoms with Crippen molar-refractivity contribution in [2.75, 3.05) is 13.7 Å². The molecule has 0 fully saturated rings. The van der Waals surface area contributed by atoms with Gasteiger partial charge in [-0.2, -0.15) is 0 Å². The summed E-state index contributed by atoms with van der Waals surface area (Å²) >= 11 is 0. The maximum Gasteiger partial charge on any atom is 0.239 e. The number of rotatable bonds is 6. The van der Waals surface area contributed by atoms with E-state index in [1.165, 1.54) is 14.0 Å². The van der Waals surface area contributed by atoms with Crippen LogP contribution in [0.1, 0.15) is 13.3 Å². The van der Waals surface area contributed by atoms with Crippen LogP contribution in [0.4, 0.5) is 0 Å². The first-order valence-electron chi connectivity index (χ1n) is 4.32. The summed E-state index contributed by atoms with van der Waals surface area (Å²) in [5.74, 6) is -0.867. The molecule has 0 aromatic carbocycles. The van der Waals surface area contributed by atoms with Crippen molar-refractivity contribution in [3.05, 3.63) is 0 Å². The van der Waals surface area contributed by atoms with Crippen LogP contribution in [0.25, 0.3) is 0 Å². The average Bonchev–Trinajstić information content (AvgIpc) is 2.13. The Hall–Kier alpha value is -1.14. The van der Waals surface area contributed by atoms with Gasteiger partial charge in [0.15, 0.2) is 0 Å². The molecule has 0 aliphatic carbocycles. The van der Waals surface area contributed by atoms with Crippen LogP contribution in [0.3, 0.4) is 0 Å². The SMILES string of the molecule is COC(CN)CC(=O)NC(C)C(N)=O. The molecule has 6 nitrogen and oxygen atoms in total. The van der Waals surface area contributed by atoms with Crippen LogP contribution in [-0.2, 0) is 14.3 Å². The molecule has 82 valence electrons. The lowest BCUT2D eigenvalue weighted by atomic mass is 10.2. The molecule has 0 aliphatic heterocycles. The molecule has 6 heteroatoms. The summed E-state index contributed by atoms with van der Waals surface area (Å²) in [6.45, 7) is 1.78. The van der Waals surface area contributed by atoms with E-state index in [1.54, 1.807) is 0 Å². The van der Waals surface area contributed by atoms with Crippen molar-refractivity contribution in [1.29, 1.82) is 0 Å². The Morgan fingerprint density at radius 2 is 2.07 bits per heavy atom. The van der Waals surface area contributed by atoms with E-state index in [1.807, 2.05) is 0 Å². The molecule has 0 aliphatic rings. The predicted octanol–water partition coefficient (Wildman–Crippen LogP) is -1.66. The summed E-state index contributed by atoms with van der Waals surface area (Å²) in [4.78, 5) is 21.8. The van der Waals surface area contributed by atoms with Gasteiger partial charge in [0.05, 0.1) is 12.5 Å². The first-order chi connectivity index (χ1) is 6.51. The third-order valence-electron chi connectivity index (χ3n) is 1.81. The summed E-state index contributed by atoms with van der Waals surface area (Å²) in [6, 6.07) is -0.669. The van der Waals surface area contributed by atoms with Crippen molar-refractivity contribution in [3.8, 4) is 0 Å². The van der Waals surface area contributed by atoms with Crippen LogP contribution < -0.4 is 16.8 Å². The number of amides is 2. The smallest absolute Gasteiger partial charge is 0.239 e. The van der Waals surface area contributed by atoms with Crippen LogP contribution in [0.2, 0.25) is 0 Å². The highest BCUT2D eigenvalue weighted by atomic mass is 16.5. The maximum absolute atomic E-state index is 11.2. The van der Waals surface area contributed by atoms with Gasteiger partial charge in [-0.15, -0.1) is 0 Å². The van der Waals surface area contributed by atoms with Gasteiger partial charge in [0.1, 0.15) is 6.04 Å². The first kappa shape index (κ1) is 12.9. The maximum atomic E-state index is 11.2. The van der Waals surface area contributed by atoms with E-state index in [9.17, 15) is 9.59 Å². The van der Waals surface area contributed by atoms with Crippen LogP contribution >= 0.6 is 0 Å². The van der Waals surface area contributed by atoms with E-state index >= 15 is 0 Å². The molecule has 0 aromatic rings. The van der Waals surface area contributed by atoms with E-state index in [-0.39, 0.29) is 25.0 Å². The Morgan fingerprint density at radius 1 is 1.50 bits per heavy atom. The molecule has 0 rings (SSSR count). The second kappa shape index (κ2) is 6.33. The number of primary amides is 1. The van der Waals surface area contributed by atoms with Gasteiger partial charge in [-0.1, -0.05) is 0 Å². The lowest BCUT2D eigenvalue weighted by Crippen LogP contribution is -2.43. The fraction of sp³-hybridized carbons (Fsp3) is 0.750. The molecule has 0 aromatic heterocycles. The highest BCUT2D eigenvalue weighted by Gasteiger charge is 2.15. The van der Waals surface area contributed by atoms with Crippen molar-refractivity contribution in [2.45, 2.75) is 25.5 Å². The van der Waals surface area contributed by atoms with Gasteiger partial charge in [0, 0.05) is 13.7 Å². The quantitative estimate of drug-likeness (QED) is 0.480. The van der Waals surface area contributed by atoms with Crippen LogP contribution in [-0.4, -0.2) is 37.6 Å². The standard InChI is InChI=1S/C8H17N3O3/c1-5(8(10)13)11-7(12)3-6(4-9)14-2/h5-6H,3-4,9H2,1-2H3,(H2,10,13)(H,11,12). The highest BCUT2D eigenvalue weighted by molar-refractivity contribution is 5.86. The largest absolute Gasteiger partial charge is 0.380 e. The summed E-state index contributed by atoms with van der Waals surface area (Å²) in [5.41, 5.74) is 10.3. The molecule has 2 atom stereocenters. The summed E-state index contributed by atoms with van der Waals surface area (Å²) in [7, 11) is 1.47. The van der Waals surface area contributed by atoms with Crippen LogP contribution in [0.15, 0.2) is 0 Å². The third kappa shape index (κ3) is 4.78. The van der Waals surface area contributed by atoms with Crippen molar-refractivity contribution in [2.24, 2.45) is 11.5 Å². The number of carbonyl (C=O) groups excluding carboxylic acids is 2. The molecule has 2 unspecified atom stereocenters. The lowest BCUT2D eigenvalue weighted by Gasteiger charge is -2.14. The van der Waals surface area contributed by atoms with Gasteiger partial charge in [0.25, 0.3) is 0 Å². The van der Waals surface area contributed by atoms with Gasteiger partial charge in [-0.25, -0.2) is 0 Å². The molecule has 0 spiro atoms. The monoisotopic (exact) mass is 203 g/mol. The van der Waals surface area contributed by atoms with Crippen molar-refractivity contribution in [1.82, 2.24) is 5.32 Å². The fourth-order valence-corrected chi connectivity index (χ4v) is 0.841. The van der Waals surface area contributed by atoms with E-state index in [0.717, 1.165) is 0 Å². The van der Waals surface area contributed by atoms with Gasteiger partial charge < -0.3 is 21.5 Å². The lowest BCUT2D eigenvalue weighted by molar-refractivity contribution is -0.128. The Balaban J connectivity index is 3.91.